The van der Waals surface area contributed by atoms with Crippen molar-refractivity contribution in [1.82, 2.24) is 9.96 Å². The minimum atomic E-state index is -1.35. The lowest BCUT2D eigenvalue weighted by atomic mass is 9.96. The third-order valence-electron chi connectivity index (χ3n) is 3.11. The zero-order chi connectivity index (χ0) is 14.3. The Morgan fingerprint density at radius 3 is 2.21 bits per heavy atom. The summed E-state index contributed by atoms with van der Waals surface area (Å²) < 4.78 is 0. The normalized spacial score (nSPS) is 24.6. The molecule has 0 aliphatic carbocycles. The van der Waals surface area contributed by atoms with E-state index >= 15 is 0 Å². The maximum Gasteiger partial charge on any atom is 0.264 e. The second-order valence-corrected chi connectivity index (χ2v) is 4.26. The number of carbonyl (C=O) groups excluding carboxylic acids is 5. The number of Topliss-reactive ketones (excluding diaryl/α,β-unsaturated/α-hetero) is 1. The van der Waals surface area contributed by atoms with Crippen molar-refractivity contribution in [2.75, 3.05) is 0 Å². The lowest BCUT2D eigenvalue weighted by molar-refractivity contribution is -0.172. The second kappa shape index (κ2) is 4.39. The molecule has 8 heteroatoms. The summed E-state index contributed by atoms with van der Waals surface area (Å²) in [6.07, 6.45) is 1.58. The van der Waals surface area contributed by atoms with Gasteiger partial charge in [-0.25, -0.2) is 0 Å². The van der Waals surface area contributed by atoms with Gasteiger partial charge in [0.1, 0.15) is 5.92 Å². The Bertz CT molecular complexity index is 519. The van der Waals surface area contributed by atoms with E-state index in [0.29, 0.717) is 4.90 Å². The van der Waals surface area contributed by atoms with E-state index < -0.39 is 47.8 Å². The van der Waals surface area contributed by atoms with Crippen molar-refractivity contribution in [3.63, 3.8) is 0 Å². The SMILES string of the molecule is CC(C(=O)C1CC(=O)N(O)C1=O)N1C(=O)C=CC1=O. The van der Waals surface area contributed by atoms with Crippen molar-refractivity contribution >= 4 is 29.4 Å². The van der Waals surface area contributed by atoms with Gasteiger partial charge < -0.3 is 0 Å². The fourth-order valence-electron chi connectivity index (χ4n) is 2.05. The molecule has 0 radical (unpaired) electrons. The van der Waals surface area contributed by atoms with E-state index in [1.54, 1.807) is 0 Å². The minimum Gasteiger partial charge on any atom is -0.296 e. The molecule has 0 aromatic carbocycles. The van der Waals surface area contributed by atoms with Crippen LogP contribution < -0.4 is 0 Å². The molecule has 0 aromatic heterocycles. The first-order chi connectivity index (χ1) is 8.84. The summed E-state index contributed by atoms with van der Waals surface area (Å²) in [5, 5.41) is 8.95. The summed E-state index contributed by atoms with van der Waals surface area (Å²) in [5.41, 5.74) is 0. The number of amides is 4. The number of imide groups is 2. The molecule has 1 saturated heterocycles. The van der Waals surface area contributed by atoms with E-state index in [1.807, 2.05) is 0 Å². The van der Waals surface area contributed by atoms with E-state index in [4.69, 9.17) is 5.21 Å². The Morgan fingerprint density at radius 1 is 1.26 bits per heavy atom. The van der Waals surface area contributed by atoms with E-state index in [2.05, 4.69) is 0 Å². The molecule has 1 fully saturated rings. The van der Waals surface area contributed by atoms with Gasteiger partial charge in [0.05, 0.1) is 6.04 Å². The average Bonchev–Trinajstić information content (AvgIpc) is 2.83. The van der Waals surface area contributed by atoms with Crippen LogP contribution in [0.5, 0.6) is 0 Å². The molecule has 0 bridgehead atoms. The van der Waals surface area contributed by atoms with E-state index in [9.17, 15) is 24.0 Å². The largest absolute Gasteiger partial charge is 0.296 e. The number of nitrogens with zero attached hydrogens (tertiary/aromatic N) is 2. The number of rotatable bonds is 3. The molecule has 8 nitrogen and oxygen atoms in total. The molecule has 2 unspecified atom stereocenters. The fourth-order valence-corrected chi connectivity index (χ4v) is 2.05. The van der Waals surface area contributed by atoms with Crippen LogP contribution in [0, 0.1) is 5.92 Å². The Kier molecular flexibility index (Phi) is 3.03. The molecule has 2 rings (SSSR count). The molecular formula is C11H10N2O6. The predicted molar refractivity (Wildman–Crippen MR) is 57.2 cm³/mol. The molecule has 4 amide bonds. The number of ketones is 1. The van der Waals surface area contributed by atoms with Crippen LogP contribution in [-0.4, -0.2) is 50.6 Å². The Labute approximate surface area is 107 Å². The summed E-state index contributed by atoms with van der Waals surface area (Å²) >= 11 is 0. The molecule has 2 heterocycles. The third-order valence-corrected chi connectivity index (χ3v) is 3.11. The van der Waals surface area contributed by atoms with Crippen molar-refractivity contribution in [3.8, 4) is 0 Å². The van der Waals surface area contributed by atoms with Crippen LogP contribution in [0.25, 0.3) is 0 Å². The summed E-state index contributed by atoms with van der Waals surface area (Å²) in [7, 11) is 0. The monoisotopic (exact) mass is 266 g/mol. The van der Waals surface area contributed by atoms with E-state index in [-0.39, 0.29) is 5.06 Å². The van der Waals surface area contributed by atoms with Gasteiger partial charge in [0.15, 0.2) is 5.78 Å². The molecule has 1 N–H and O–H groups in total. The Hall–Kier alpha value is -2.35. The van der Waals surface area contributed by atoms with Crippen LogP contribution >= 0.6 is 0 Å². The maximum atomic E-state index is 12.0. The van der Waals surface area contributed by atoms with Crippen molar-refractivity contribution in [2.45, 2.75) is 19.4 Å². The Balaban J connectivity index is 2.17. The smallest absolute Gasteiger partial charge is 0.264 e. The summed E-state index contributed by atoms with van der Waals surface area (Å²) in [5.74, 6) is -5.32. The van der Waals surface area contributed by atoms with Crippen molar-refractivity contribution in [2.24, 2.45) is 5.92 Å². The lowest BCUT2D eigenvalue weighted by Crippen LogP contribution is -2.46. The highest BCUT2D eigenvalue weighted by Crippen LogP contribution is 2.22. The van der Waals surface area contributed by atoms with Gasteiger partial charge in [-0.3, -0.25) is 34.1 Å². The summed E-state index contributed by atoms with van der Waals surface area (Å²) in [6, 6.07) is -1.16. The molecule has 100 valence electrons. The average molecular weight is 266 g/mol. The number of hydroxylamine groups is 2. The quantitative estimate of drug-likeness (QED) is 0.383. The lowest BCUT2D eigenvalue weighted by Gasteiger charge is -2.22. The first-order valence-electron chi connectivity index (χ1n) is 5.49. The van der Waals surface area contributed by atoms with Crippen molar-refractivity contribution in [3.05, 3.63) is 12.2 Å². The van der Waals surface area contributed by atoms with Crippen LogP contribution in [0.2, 0.25) is 0 Å². The van der Waals surface area contributed by atoms with Crippen molar-refractivity contribution < 1.29 is 29.2 Å². The molecule has 19 heavy (non-hydrogen) atoms. The highest BCUT2D eigenvalue weighted by Gasteiger charge is 2.46. The van der Waals surface area contributed by atoms with Gasteiger partial charge in [0, 0.05) is 18.6 Å². The molecule has 0 aromatic rings. The highest BCUT2D eigenvalue weighted by molar-refractivity contribution is 6.19. The van der Waals surface area contributed by atoms with E-state index in [0.717, 1.165) is 12.2 Å². The molecule has 2 aliphatic rings. The Morgan fingerprint density at radius 2 is 1.79 bits per heavy atom. The standard InChI is InChI=1S/C11H10N2O6/c1-5(12-7(14)2-3-8(12)15)10(17)6-4-9(16)13(19)11(6)18/h2-3,5-6,19H,4H2,1H3. The zero-order valence-corrected chi connectivity index (χ0v) is 9.90. The zero-order valence-electron chi connectivity index (χ0n) is 9.90. The number of hydrogen-bond donors (Lipinski definition) is 1. The molecular weight excluding hydrogens is 256 g/mol. The van der Waals surface area contributed by atoms with Crippen LogP contribution in [0.4, 0.5) is 0 Å². The molecule has 2 aliphatic heterocycles. The van der Waals surface area contributed by atoms with Gasteiger partial charge in [0.2, 0.25) is 0 Å². The summed E-state index contributed by atoms with van der Waals surface area (Å²) in [4.78, 5) is 58.2. The van der Waals surface area contributed by atoms with Gasteiger partial charge in [0.25, 0.3) is 23.6 Å². The maximum absolute atomic E-state index is 12.0. The van der Waals surface area contributed by atoms with Crippen molar-refractivity contribution in [1.29, 1.82) is 0 Å². The molecule has 2 atom stereocenters. The third kappa shape index (κ3) is 1.95. The molecule has 0 spiro atoms. The number of hydrogen-bond acceptors (Lipinski definition) is 6. The molecule has 0 saturated carbocycles. The van der Waals surface area contributed by atoms with Gasteiger partial charge in [-0.15, -0.1) is 0 Å². The second-order valence-electron chi connectivity index (χ2n) is 4.26. The van der Waals surface area contributed by atoms with Gasteiger partial charge in [-0.05, 0) is 6.92 Å². The number of carbonyl (C=O) groups is 5. The van der Waals surface area contributed by atoms with Crippen LogP contribution in [0.3, 0.4) is 0 Å². The first kappa shape index (κ1) is 13.1. The van der Waals surface area contributed by atoms with Gasteiger partial charge in [-0.2, -0.15) is 5.06 Å². The first-order valence-corrected chi connectivity index (χ1v) is 5.49. The van der Waals surface area contributed by atoms with Crippen LogP contribution in [-0.2, 0) is 24.0 Å². The predicted octanol–water partition coefficient (Wildman–Crippen LogP) is -1.37. The van der Waals surface area contributed by atoms with E-state index in [1.165, 1.54) is 6.92 Å². The van der Waals surface area contributed by atoms with Crippen LogP contribution in [0.15, 0.2) is 12.2 Å². The topological polar surface area (TPSA) is 112 Å². The van der Waals surface area contributed by atoms with Crippen LogP contribution in [0.1, 0.15) is 13.3 Å². The fraction of sp³-hybridized carbons (Fsp3) is 0.364. The van der Waals surface area contributed by atoms with Gasteiger partial charge >= 0.3 is 0 Å². The minimum absolute atomic E-state index is 0.110. The summed E-state index contributed by atoms with van der Waals surface area (Å²) in [6.45, 7) is 1.29. The highest BCUT2D eigenvalue weighted by atomic mass is 16.5. The van der Waals surface area contributed by atoms with Gasteiger partial charge in [-0.1, -0.05) is 0 Å².